The van der Waals surface area contributed by atoms with E-state index in [1.165, 1.54) is 0 Å². The summed E-state index contributed by atoms with van der Waals surface area (Å²) in [6, 6.07) is 13.2. The molecule has 0 fully saturated rings. The minimum atomic E-state index is -0.164. The van der Waals surface area contributed by atoms with Crippen LogP contribution in [0.15, 0.2) is 42.5 Å². The van der Waals surface area contributed by atoms with E-state index in [0.29, 0.717) is 36.8 Å². The molecule has 1 N–H and O–H groups in total. The van der Waals surface area contributed by atoms with Crippen LogP contribution in [-0.2, 0) is 13.6 Å². The van der Waals surface area contributed by atoms with Crippen molar-refractivity contribution in [3.8, 4) is 11.5 Å². The Hall–Kier alpha value is -3.02. The third-order valence-corrected chi connectivity index (χ3v) is 4.30. The first-order chi connectivity index (χ1) is 12.2. The fourth-order valence-corrected chi connectivity index (χ4v) is 2.92. The summed E-state index contributed by atoms with van der Waals surface area (Å²) < 4.78 is 13.2. The van der Waals surface area contributed by atoms with Crippen LogP contribution in [0.1, 0.15) is 22.6 Å². The van der Waals surface area contributed by atoms with Gasteiger partial charge >= 0.3 is 0 Å². The lowest BCUT2D eigenvalue weighted by Crippen LogP contribution is -2.24. The Balaban J connectivity index is 1.50. The van der Waals surface area contributed by atoms with Crippen molar-refractivity contribution in [1.29, 1.82) is 0 Å². The van der Waals surface area contributed by atoms with Crippen molar-refractivity contribution in [2.24, 2.45) is 7.05 Å². The fraction of sp³-hybridized carbons (Fsp3) is 0.263. The van der Waals surface area contributed by atoms with Crippen molar-refractivity contribution in [3.63, 3.8) is 0 Å². The van der Waals surface area contributed by atoms with E-state index in [-0.39, 0.29) is 5.91 Å². The van der Waals surface area contributed by atoms with Gasteiger partial charge in [0.1, 0.15) is 5.82 Å². The van der Waals surface area contributed by atoms with Gasteiger partial charge in [0, 0.05) is 19.0 Å². The average molecular weight is 337 g/mol. The maximum absolute atomic E-state index is 12.5. The van der Waals surface area contributed by atoms with Crippen LogP contribution in [0.25, 0.3) is 11.0 Å². The topological polar surface area (TPSA) is 65.4 Å². The number of hydrogen-bond acceptors (Lipinski definition) is 4. The van der Waals surface area contributed by atoms with Gasteiger partial charge in [-0.25, -0.2) is 4.98 Å². The highest BCUT2D eigenvalue weighted by molar-refractivity contribution is 5.94. The van der Waals surface area contributed by atoms with Gasteiger partial charge in [0.2, 0.25) is 0 Å². The zero-order chi connectivity index (χ0) is 17.2. The first-order valence-corrected chi connectivity index (χ1v) is 8.30. The molecule has 0 radical (unpaired) electrons. The zero-order valence-corrected chi connectivity index (χ0v) is 14.0. The van der Waals surface area contributed by atoms with E-state index < -0.39 is 0 Å². The Morgan fingerprint density at radius 1 is 1.16 bits per heavy atom. The molecule has 1 aliphatic heterocycles. The number of imidazole rings is 1. The number of hydrogen-bond donors (Lipinski definition) is 1. The van der Waals surface area contributed by atoms with Gasteiger partial charge in [-0.3, -0.25) is 4.79 Å². The maximum Gasteiger partial charge on any atom is 0.251 e. The van der Waals surface area contributed by atoms with Gasteiger partial charge in [0.15, 0.2) is 11.5 Å². The molecule has 3 aromatic rings. The standard InChI is InChI=1S/C19H19N3O3/c1-22-15-6-3-2-5-14(15)21-18(22)12-20-19(23)13-7-8-16-17(11-13)25-10-4-9-24-16/h2-3,5-8,11H,4,9-10,12H2,1H3,(H,20,23). The Labute approximate surface area is 145 Å². The van der Waals surface area contributed by atoms with Crippen LogP contribution in [0.3, 0.4) is 0 Å². The minimum absolute atomic E-state index is 0.164. The highest BCUT2D eigenvalue weighted by Gasteiger charge is 2.15. The van der Waals surface area contributed by atoms with Gasteiger partial charge in [-0.2, -0.15) is 0 Å². The molecule has 0 saturated carbocycles. The first kappa shape index (κ1) is 15.5. The molecule has 1 amide bonds. The summed E-state index contributed by atoms with van der Waals surface area (Å²) in [6.45, 7) is 1.58. The molecule has 25 heavy (non-hydrogen) atoms. The molecular weight excluding hydrogens is 318 g/mol. The lowest BCUT2D eigenvalue weighted by atomic mass is 10.2. The lowest BCUT2D eigenvalue weighted by Gasteiger charge is -2.10. The van der Waals surface area contributed by atoms with Crippen LogP contribution in [0, 0.1) is 0 Å². The van der Waals surface area contributed by atoms with Crippen LogP contribution in [-0.4, -0.2) is 28.7 Å². The normalized spacial score (nSPS) is 13.5. The maximum atomic E-state index is 12.5. The molecule has 1 aromatic heterocycles. The van der Waals surface area contributed by atoms with E-state index >= 15 is 0 Å². The zero-order valence-electron chi connectivity index (χ0n) is 14.0. The molecule has 1 aliphatic rings. The van der Waals surface area contributed by atoms with Gasteiger partial charge in [0.05, 0.1) is 30.8 Å². The SMILES string of the molecule is Cn1c(CNC(=O)c2ccc3c(c2)OCCCO3)nc2ccccc21. The predicted molar refractivity (Wildman–Crippen MR) is 93.9 cm³/mol. The molecule has 0 atom stereocenters. The molecule has 6 heteroatoms. The second-order valence-corrected chi connectivity index (χ2v) is 5.97. The highest BCUT2D eigenvalue weighted by atomic mass is 16.5. The summed E-state index contributed by atoms with van der Waals surface area (Å²) in [5.41, 5.74) is 2.51. The van der Waals surface area contributed by atoms with E-state index in [1.807, 2.05) is 35.9 Å². The molecule has 128 valence electrons. The van der Waals surface area contributed by atoms with Gasteiger partial charge in [-0.05, 0) is 30.3 Å². The summed E-state index contributed by atoms with van der Waals surface area (Å²) in [7, 11) is 1.95. The van der Waals surface area contributed by atoms with Crippen LogP contribution in [0.4, 0.5) is 0 Å². The number of nitrogens with zero attached hydrogens (tertiary/aromatic N) is 2. The molecule has 0 bridgehead atoms. The number of fused-ring (bicyclic) bond motifs is 2. The number of rotatable bonds is 3. The third kappa shape index (κ3) is 3.03. The van der Waals surface area contributed by atoms with Crippen LogP contribution in [0.2, 0.25) is 0 Å². The molecule has 0 spiro atoms. The summed E-state index contributed by atoms with van der Waals surface area (Å²) in [4.78, 5) is 17.0. The van der Waals surface area contributed by atoms with E-state index in [1.54, 1.807) is 18.2 Å². The summed E-state index contributed by atoms with van der Waals surface area (Å²) >= 11 is 0. The van der Waals surface area contributed by atoms with Crippen LogP contribution < -0.4 is 14.8 Å². The van der Waals surface area contributed by atoms with E-state index in [0.717, 1.165) is 23.3 Å². The summed E-state index contributed by atoms with van der Waals surface area (Å²) in [6.07, 6.45) is 0.836. The van der Waals surface area contributed by atoms with Gasteiger partial charge in [-0.1, -0.05) is 12.1 Å². The number of ether oxygens (including phenoxy) is 2. The minimum Gasteiger partial charge on any atom is -0.490 e. The quantitative estimate of drug-likeness (QED) is 0.798. The molecule has 4 rings (SSSR count). The van der Waals surface area contributed by atoms with Crippen molar-refractivity contribution in [2.45, 2.75) is 13.0 Å². The molecule has 6 nitrogen and oxygen atoms in total. The predicted octanol–water partition coefficient (Wildman–Crippen LogP) is 2.66. The van der Waals surface area contributed by atoms with Crippen molar-refractivity contribution in [1.82, 2.24) is 14.9 Å². The number of para-hydroxylation sites is 2. The average Bonchev–Trinajstić information content (AvgIpc) is 2.81. The number of aryl methyl sites for hydroxylation is 1. The van der Waals surface area contributed by atoms with Gasteiger partial charge < -0.3 is 19.4 Å². The number of nitrogens with one attached hydrogen (secondary N) is 1. The summed E-state index contributed by atoms with van der Waals surface area (Å²) in [5, 5.41) is 2.92. The number of aromatic nitrogens is 2. The number of carbonyl (C=O) groups is 1. The number of benzene rings is 2. The Morgan fingerprint density at radius 3 is 2.80 bits per heavy atom. The molecule has 2 heterocycles. The van der Waals surface area contributed by atoms with Gasteiger partial charge in [-0.15, -0.1) is 0 Å². The van der Waals surface area contributed by atoms with E-state index in [9.17, 15) is 4.79 Å². The largest absolute Gasteiger partial charge is 0.490 e. The first-order valence-electron chi connectivity index (χ1n) is 8.30. The molecule has 2 aromatic carbocycles. The fourth-order valence-electron chi connectivity index (χ4n) is 2.92. The van der Waals surface area contributed by atoms with E-state index in [4.69, 9.17) is 9.47 Å². The Kier molecular flexibility index (Phi) is 4.01. The molecule has 0 saturated heterocycles. The van der Waals surface area contributed by atoms with Gasteiger partial charge in [0.25, 0.3) is 5.91 Å². The van der Waals surface area contributed by atoms with Crippen LogP contribution in [0.5, 0.6) is 11.5 Å². The second-order valence-electron chi connectivity index (χ2n) is 5.97. The lowest BCUT2D eigenvalue weighted by molar-refractivity contribution is 0.0949. The molecular formula is C19H19N3O3. The highest BCUT2D eigenvalue weighted by Crippen LogP contribution is 2.30. The summed E-state index contributed by atoms with van der Waals surface area (Å²) in [5.74, 6) is 1.95. The third-order valence-electron chi connectivity index (χ3n) is 4.30. The van der Waals surface area contributed by atoms with Crippen molar-refractivity contribution >= 4 is 16.9 Å². The number of carbonyl (C=O) groups excluding carboxylic acids is 1. The van der Waals surface area contributed by atoms with Crippen LogP contribution >= 0.6 is 0 Å². The Bertz CT molecular complexity index is 933. The van der Waals surface area contributed by atoms with Crippen molar-refractivity contribution in [3.05, 3.63) is 53.9 Å². The second kappa shape index (κ2) is 6.47. The molecule has 0 aliphatic carbocycles. The molecule has 0 unspecified atom stereocenters. The van der Waals surface area contributed by atoms with Crippen molar-refractivity contribution < 1.29 is 14.3 Å². The monoisotopic (exact) mass is 337 g/mol. The smallest absolute Gasteiger partial charge is 0.251 e. The van der Waals surface area contributed by atoms with E-state index in [2.05, 4.69) is 10.3 Å². The number of amides is 1. The van der Waals surface area contributed by atoms with Crippen molar-refractivity contribution in [2.75, 3.05) is 13.2 Å². The Morgan fingerprint density at radius 2 is 1.96 bits per heavy atom.